The first-order valence-electron chi connectivity index (χ1n) is 15.2. The van der Waals surface area contributed by atoms with Crippen LogP contribution in [0.25, 0.3) is 11.1 Å². The molecule has 2 aliphatic heterocycles. The van der Waals surface area contributed by atoms with Crippen molar-refractivity contribution >= 4 is 40.7 Å². The van der Waals surface area contributed by atoms with Crippen molar-refractivity contribution in [1.82, 2.24) is 35.2 Å². The van der Waals surface area contributed by atoms with E-state index >= 15 is 0 Å². The molecule has 46 heavy (non-hydrogen) atoms. The maximum absolute atomic E-state index is 12.7. The van der Waals surface area contributed by atoms with Gasteiger partial charge < -0.3 is 25.6 Å². The number of hydrogen-bond acceptors (Lipinski definition) is 11. The van der Waals surface area contributed by atoms with Crippen LogP contribution in [0.5, 0.6) is 0 Å². The average Bonchev–Trinajstić information content (AvgIpc) is 3.83. The minimum atomic E-state index is -0.444. The molecular formula is C32H34N10O4. The largest absolute Gasteiger partial charge is 0.464 e. The number of esters is 1. The first-order valence-corrected chi connectivity index (χ1v) is 15.2. The maximum atomic E-state index is 12.7. The third-order valence-electron chi connectivity index (χ3n) is 8.57. The number of para-hydroxylation sites is 1. The van der Waals surface area contributed by atoms with E-state index in [-0.39, 0.29) is 29.4 Å². The molecule has 7 rings (SSSR count). The highest BCUT2D eigenvalue weighted by molar-refractivity contribution is 6.01. The van der Waals surface area contributed by atoms with Crippen molar-refractivity contribution in [2.75, 3.05) is 49.8 Å². The Morgan fingerprint density at radius 2 is 1.83 bits per heavy atom. The van der Waals surface area contributed by atoms with Crippen molar-refractivity contribution in [3.05, 3.63) is 71.4 Å². The summed E-state index contributed by atoms with van der Waals surface area (Å²) in [5, 5.41) is 21.9. The summed E-state index contributed by atoms with van der Waals surface area (Å²) in [5.41, 5.74) is 6.63. The quantitative estimate of drug-likeness (QED) is 0.236. The normalized spacial score (nSPS) is 15.8. The molecule has 1 saturated heterocycles. The number of benzene rings is 1. The Kier molecular flexibility index (Phi) is 7.56. The molecule has 0 bridgehead atoms. The zero-order valence-corrected chi connectivity index (χ0v) is 25.8. The maximum Gasteiger partial charge on any atom is 0.356 e. The van der Waals surface area contributed by atoms with Crippen LogP contribution >= 0.6 is 0 Å². The first kappa shape index (κ1) is 29.3. The predicted octanol–water partition coefficient (Wildman–Crippen LogP) is 2.98. The molecule has 14 nitrogen and oxygen atoms in total. The van der Waals surface area contributed by atoms with Gasteiger partial charge in [-0.25, -0.2) is 9.78 Å². The zero-order chi connectivity index (χ0) is 31.9. The number of pyridine rings is 1. The molecule has 236 valence electrons. The summed E-state index contributed by atoms with van der Waals surface area (Å²) >= 11 is 0. The van der Waals surface area contributed by atoms with Crippen molar-refractivity contribution in [3.63, 3.8) is 0 Å². The fraction of sp³-hybridized carbons (Fsp3) is 0.344. The first-order chi connectivity index (χ1) is 22.3. The molecule has 3 N–H and O–H groups in total. The van der Waals surface area contributed by atoms with E-state index in [2.05, 4.69) is 51.7 Å². The van der Waals surface area contributed by atoms with Gasteiger partial charge in [0.05, 0.1) is 54.3 Å². The molecule has 1 saturated carbocycles. The topological polar surface area (TPSA) is 160 Å². The van der Waals surface area contributed by atoms with Crippen molar-refractivity contribution in [2.24, 2.45) is 5.92 Å². The van der Waals surface area contributed by atoms with Gasteiger partial charge in [-0.2, -0.15) is 5.10 Å². The number of hydrogen-bond donors (Lipinski definition) is 3. The van der Waals surface area contributed by atoms with Crippen LogP contribution in [-0.2, 0) is 22.6 Å². The number of nitrogens with zero attached hydrogens (tertiary/aromatic N) is 7. The summed E-state index contributed by atoms with van der Waals surface area (Å²) in [6, 6.07) is 13.2. The molecule has 5 heterocycles. The average molecular weight is 623 g/mol. The summed E-state index contributed by atoms with van der Waals surface area (Å²) in [6.07, 6.45) is 3.65. The number of rotatable bonds is 9. The lowest BCUT2D eigenvalue weighted by Crippen LogP contribution is -2.48. The second-order valence-electron chi connectivity index (χ2n) is 11.8. The molecule has 14 heteroatoms. The number of likely N-dealkylation sites (tertiary alicyclic amines) is 1. The van der Waals surface area contributed by atoms with Crippen molar-refractivity contribution in [2.45, 2.75) is 32.0 Å². The number of nitrogens with one attached hydrogen (secondary N) is 3. The van der Waals surface area contributed by atoms with Gasteiger partial charge in [-0.05, 0) is 31.0 Å². The molecule has 1 aliphatic carbocycles. The standard InChI is InChI=1S/C32H34N10O4/c1-33-31(44)28-25(12-27(38-39-28)37-30(43)18-10-11-18)36-23-8-5-7-21-22-13-34-42(26(22)17-40(2)29(21)23)20-15-41(16-20)14-19-6-4-9-24(35-19)32(45)46-3/h4-9,12-13,18,20H,10-11,14-17H2,1-3H3,(H,33,44)(H2,36,37,38,43). The Morgan fingerprint density at radius 1 is 1.02 bits per heavy atom. The van der Waals surface area contributed by atoms with Crippen LogP contribution < -0.4 is 20.9 Å². The second-order valence-corrected chi connectivity index (χ2v) is 11.8. The second kappa shape index (κ2) is 11.9. The molecule has 3 aliphatic rings. The van der Waals surface area contributed by atoms with Gasteiger partial charge in [-0.15, -0.1) is 10.2 Å². The van der Waals surface area contributed by atoms with E-state index in [0.29, 0.717) is 24.5 Å². The monoisotopic (exact) mass is 622 g/mol. The van der Waals surface area contributed by atoms with Crippen LogP contribution in [-0.4, -0.2) is 81.9 Å². The minimum absolute atomic E-state index is 0.00635. The van der Waals surface area contributed by atoms with Gasteiger partial charge in [0, 0.05) is 56.8 Å². The lowest BCUT2D eigenvalue weighted by atomic mass is 9.97. The summed E-state index contributed by atoms with van der Waals surface area (Å²) in [6.45, 7) is 2.90. The fourth-order valence-electron chi connectivity index (χ4n) is 6.06. The summed E-state index contributed by atoms with van der Waals surface area (Å²) in [7, 11) is 4.92. The van der Waals surface area contributed by atoms with Gasteiger partial charge in [0.2, 0.25) is 5.91 Å². The Morgan fingerprint density at radius 3 is 2.59 bits per heavy atom. The third kappa shape index (κ3) is 5.51. The van der Waals surface area contributed by atoms with Crippen LogP contribution in [0.1, 0.15) is 51.2 Å². The lowest BCUT2D eigenvalue weighted by molar-refractivity contribution is -0.117. The number of amides is 2. The molecule has 2 amide bonds. The molecule has 0 spiro atoms. The number of carbonyl (C=O) groups excluding carboxylic acids is 3. The van der Waals surface area contributed by atoms with E-state index < -0.39 is 11.9 Å². The Balaban J connectivity index is 1.11. The molecule has 1 aromatic carbocycles. The summed E-state index contributed by atoms with van der Waals surface area (Å²) < 4.78 is 6.92. The Labute approximate surface area is 265 Å². The molecule has 2 fully saturated rings. The highest BCUT2D eigenvalue weighted by Crippen LogP contribution is 2.45. The Hall–Kier alpha value is -5.37. The van der Waals surface area contributed by atoms with E-state index in [9.17, 15) is 14.4 Å². The van der Waals surface area contributed by atoms with Crippen molar-refractivity contribution in [1.29, 1.82) is 0 Å². The van der Waals surface area contributed by atoms with Gasteiger partial charge in [0.15, 0.2) is 11.5 Å². The number of methoxy groups -OCH3 is 1. The SMILES string of the molecule is CNC(=O)c1nnc(NC(=O)C2CC2)cc1Nc1cccc2c1N(C)Cc1c-2cnn1C1CN(Cc2cccc(C(=O)OC)n2)C1. The molecule has 0 radical (unpaired) electrons. The van der Waals surface area contributed by atoms with Gasteiger partial charge in [-0.1, -0.05) is 18.2 Å². The van der Waals surface area contributed by atoms with Crippen LogP contribution in [0.4, 0.5) is 22.9 Å². The van der Waals surface area contributed by atoms with Crippen LogP contribution in [0.2, 0.25) is 0 Å². The number of anilines is 4. The van der Waals surface area contributed by atoms with E-state index in [1.165, 1.54) is 14.2 Å². The fourth-order valence-corrected chi connectivity index (χ4v) is 6.06. The van der Waals surface area contributed by atoms with Gasteiger partial charge in [0.25, 0.3) is 5.91 Å². The highest BCUT2D eigenvalue weighted by Gasteiger charge is 2.34. The molecule has 0 unspecified atom stereocenters. The Bertz CT molecular complexity index is 1850. The van der Waals surface area contributed by atoms with E-state index in [1.54, 1.807) is 12.1 Å². The lowest BCUT2D eigenvalue weighted by Gasteiger charge is -2.40. The number of fused-ring (bicyclic) bond motifs is 3. The number of aromatic nitrogens is 5. The number of ether oxygens (including phenoxy) is 1. The summed E-state index contributed by atoms with van der Waals surface area (Å²) in [4.78, 5) is 45.8. The van der Waals surface area contributed by atoms with Gasteiger partial charge in [-0.3, -0.25) is 19.2 Å². The molecular weight excluding hydrogens is 588 g/mol. The van der Waals surface area contributed by atoms with Crippen LogP contribution in [0.15, 0.2) is 48.7 Å². The number of carbonyl (C=O) groups is 3. The van der Waals surface area contributed by atoms with Crippen molar-refractivity contribution < 1.29 is 19.1 Å². The van der Waals surface area contributed by atoms with Gasteiger partial charge in [0.1, 0.15) is 5.69 Å². The van der Waals surface area contributed by atoms with E-state index in [4.69, 9.17) is 9.84 Å². The zero-order valence-electron chi connectivity index (χ0n) is 25.8. The minimum Gasteiger partial charge on any atom is -0.464 e. The third-order valence-corrected chi connectivity index (χ3v) is 8.57. The highest BCUT2D eigenvalue weighted by atomic mass is 16.5. The van der Waals surface area contributed by atoms with Crippen LogP contribution in [0.3, 0.4) is 0 Å². The van der Waals surface area contributed by atoms with Crippen LogP contribution in [0, 0.1) is 5.92 Å². The van der Waals surface area contributed by atoms with Gasteiger partial charge >= 0.3 is 5.97 Å². The predicted molar refractivity (Wildman–Crippen MR) is 170 cm³/mol. The molecule has 0 atom stereocenters. The van der Waals surface area contributed by atoms with Crippen molar-refractivity contribution in [3.8, 4) is 11.1 Å². The smallest absolute Gasteiger partial charge is 0.356 e. The van der Waals surface area contributed by atoms with E-state index in [1.807, 2.05) is 37.5 Å². The molecule has 3 aromatic heterocycles. The van der Waals surface area contributed by atoms with E-state index in [0.717, 1.165) is 59.8 Å². The molecule has 4 aromatic rings. The summed E-state index contributed by atoms with van der Waals surface area (Å²) in [5.74, 6) is -0.630.